The molecular weight excluding hydrogens is 136 g/mol. The molecule has 0 atom stereocenters. The van der Waals surface area contributed by atoms with E-state index in [1.54, 1.807) is 0 Å². The van der Waals surface area contributed by atoms with E-state index in [4.69, 9.17) is 9.90 Å². The molecule has 6 heteroatoms. The summed E-state index contributed by atoms with van der Waals surface area (Å²) < 4.78 is 0. The minimum absolute atomic E-state index is 0. The van der Waals surface area contributed by atoms with Gasteiger partial charge in [0.15, 0.2) is 0 Å². The molecule has 0 unspecified atom stereocenters. The van der Waals surface area contributed by atoms with Crippen molar-refractivity contribution in [2.75, 3.05) is 0 Å². The van der Waals surface area contributed by atoms with Crippen LogP contribution in [0.3, 0.4) is 0 Å². The van der Waals surface area contributed by atoms with Crippen LogP contribution >= 0.6 is 0 Å². The Labute approximate surface area is 66.7 Å². The summed E-state index contributed by atoms with van der Waals surface area (Å²) in [4.78, 5) is 9.00. The van der Waals surface area contributed by atoms with Crippen molar-refractivity contribution in [2.45, 2.75) is 6.92 Å². The monoisotopic (exact) mass is 144 g/mol. The van der Waals surface area contributed by atoms with Crippen molar-refractivity contribution in [2.24, 2.45) is 0 Å². The number of rotatable bonds is 0. The van der Waals surface area contributed by atoms with E-state index in [2.05, 4.69) is 0 Å². The van der Waals surface area contributed by atoms with E-state index < -0.39 is 5.97 Å². The second-order valence-corrected chi connectivity index (χ2v) is 0.519. The maximum atomic E-state index is 9.00. The molecule has 0 saturated carbocycles. The average Bonchev–Trinajstić information content (AvgIpc) is 0.811. The summed E-state index contributed by atoms with van der Waals surface area (Å²) in [5.74, 6) is -0.833. The molecule has 0 aliphatic heterocycles. The number of hydrogen-bond acceptors (Lipinski definition) is 1. The molecule has 0 fully saturated rings. The Morgan fingerprint density at radius 1 is 1.25 bits per heavy atom. The summed E-state index contributed by atoms with van der Waals surface area (Å²) in [6.07, 6.45) is 0. The number of halogens is 3. The van der Waals surface area contributed by atoms with Gasteiger partial charge in [0, 0.05) is 6.92 Å². The van der Waals surface area contributed by atoms with Gasteiger partial charge in [0.2, 0.25) is 0 Å². The molecule has 0 aliphatic carbocycles. The summed E-state index contributed by atoms with van der Waals surface area (Å²) in [5.41, 5.74) is 0. The zero-order chi connectivity index (χ0) is 3.58. The van der Waals surface area contributed by atoms with Gasteiger partial charge in [-0.05, 0) is 0 Å². The molecule has 0 rings (SSSR count). The van der Waals surface area contributed by atoms with Crippen LogP contribution in [0.5, 0.6) is 0 Å². The summed E-state index contributed by atoms with van der Waals surface area (Å²) in [7, 11) is 0. The average molecular weight is 144 g/mol. The third kappa shape index (κ3) is 2560. The Bertz CT molecular complexity index is 38.3. The predicted octanol–water partition coefficient (Wildman–Crippen LogP) is -0.100. The first-order valence-corrected chi connectivity index (χ1v) is 0.928. The number of carbonyl (C=O) groups is 1. The zero-order valence-electron chi connectivity index (χ0n) is 3.58. The Hall–Kier alpha value is 0.260. The van der Waals surface area contributed by atoms with Crippen LogP contribution in [-0.4, -0.2) is 40.6 Å². The van der Waals surface area contributed by atoms with Gasteiger partial charge < -0.3 is 5.11 Å². The van der Waals surface area contributed by atoms with Crippen LogP contribution in [0.15, 0.2) is 0 Å². The van der Waals surface area contributed by atoms with Crippen molar-refractivity contribution in [1.29, 1.82) is 0 Å². The number of carboxylic acid groups (broad SMARTS) is 1. The number of aliphatic carboxylic acids is 1. The predicted molar refractivity (Wildman–Crippen MR) is 28.0 cm³/mol. The molecule has 50 valence electrons. The van der Waals surface area contributed by atoms with Crippen molar-refractivity contribution < 1.29 is 24.0 Å². The van der Waals surface area contributed by atoms with Crippen LogP contribution < -0.4 is 0 Å². The molecule has 2 nitrogen and oxygen atoms in total. The molecule has 1 N–H and O–H groups in total. The van der Waals surface area contributed by atoms with Crippen LogP contribution in [0, 0.1) is 0 Å². The molecule has 0 aromatic heterocycles. The van der Waals surface area contributed by atoms with Gasteiger partial charge in [-0.25, -0.2) is 0 Å². The Morgan fingerprint density at radius 2 is 1.25 bits per heavy atom. The summed E-state index contributed by atoms with van der Waals surface area (Å²) in [6, 6.07) is 0. The van der Waals surface area contributed by atoms with E-state index in [0.717, 1.165) is 6.92 Å². The van der Waals surface area contributed by atoms with Crippen molar-refractivity contribution in [1.82, 2.24) is 0 Å². The third-order valence-corrected chi connectivity index (χ3v) is 0. The quantitative estimate of drug-likeness (QED) is 0.482. The second kappa shape index (κ2) is 26.8. The fourth-order valence-electron chi connectivity index (χ4n) is 0. The van der Waals surface area contributed by atoms with Crippen molar-refractivity contribution >= 4 is 35.5 Å². The van der Waals surface area contributed by atoms with Gasteiger partial charge in [0.05, 0.1) is 0 Å². The Morgan fingerprint density at radius 3 is 1.25 bits per heavy atom. The first-order chi connectivity index (χ1) is 1.73. The molecule has 0 aromatic carbocycles. The molecule has 0 radical (unpaired) electrons. The molecule has 8 heavy (non-hydrogen) atoms. The van der Waals surface area contributed by atoms with Crippen LogP contribution in [0.4, 0.5) is 14.1 Å². The van der Waals surface area contributed by atoms with Gasteiger partial charge >= 0.3 is 29.6 Å². The fourth-order valence-corrected chi connectivity index (χ4v) is 0. The van der Waals surface area contributed by atoms with E-state index in [1.165, 1.54) is 0 Å². The summed E-state index contributed by atoms with van der Waals surface area (Å²) in [5, 5.41) is 7.42. The maximum absolute atomic E-state index is 9.00. The van der Waals surface area contributed by atoms with E-state index in [1.807, 2.05) is 0 Å². The molecule has 0 spiro atoms. The number of carboxylic acids is 1. The Kier molecular flexibility index (Phi) is 137. The van der Waals surface area contributed by atoms with Gasteiger partial charge in [0.25, 0.3) is 5.97 Å². The standard InChI is InChI=1S/C2H4O2.3FH.Na.H/c1-2(3)4;;;;;/h1H3,(H,3,4);3*1H;;. The molecule has 0 heterocycles. The van der Waals surface area contributed by atoms with E-state index >= 15 is 0 Å². The van der Waals surface area contributed by atoms with E-state index in [9.17, 15) is 0 Å². The summed E-state index contributed by atoms with van der Waals surface area (Å²) in [6.45, 7) is 1.08. The molecule has 0 aromatic rings. The van der Waals surface area contributed by atoms with Crippen LogP contribution in [0.25, 0.3) is 0 Å². The first-order valence-electron chi connectivity index (χ1n) is 0.928. The second-order valence-electron chi connectivity index (χ2n) is 0.519. The molecule has 0 aliphatic rings. The van der Waals surface area contributed by atoms with Crippen molar-refractivity contribution in [3.05, 3.63) is 0 Å². The van der Waals surface area contributed by atoms with Crippen LogP contribution in [0.2, 0.25) is 0 Å². The van der Waals surface area contributed by atoms with Gasteiger partial charge in [0.1, 0.15) is 0 Å². The molecule has 0 amide bonds. The fraction of sp³-hybridized carbons (Fsp3) is 0.500. The SMILES string of the molecule is CC(=O)O.F.F.F.[NaH]. The Balaban J connectivity index is -0.00000000750. The van der Waals surface area contributed by atoms with Gasteiger partial charge in [-0.1, -0.05) is 0 Å². The zero-order valence-corrected chi connectivity index (χ0v) is 3.58. The summed E-state index contributed by atoms with van der Waals surface area (Å²) >= 11 is 0. The van der Waals surface area contributed by atoms with Crippen molar-refractivity contribution in [3.63, 3.8) is 0 Å². The first kappa shape index (κ1) is 41.0. The topological polar surface area (TPSA) is 37.3 Å². The molecule has 0 bridgehead atoms. The van der Waals surface area contributed by atoms with Crippen LogP contribution in [-0.2, 0) is 4.79 Å². The van der Waals surface area contributed by atoms with E-state index in [-0.39, 0.29) is 43.7 Å². The molecule has 0 saturated heterocycles. The van der Waals surface area contributed by atoms with Gasteiger partial charge in [-0.15, -0.1) is 0 Å². The van der Waals surface area contributed by atoms with Gasteiger partial charge in [-0.2, -0.15) is 0 Å². The third-order valence-electron chi connectivity index (χ3n) is 0. The van der Waals surface area contributed by atoms with Crippen LogP contribution in [0.1, 0.15) is 6.92 Å². The number of hydrogen-bond donors (Lipinski definition) is 1. The normalized spacial score (nSPS) is 3.12. The van der Waals surface area contributed by atoms with Crippen molar-refractivity contribution in [3.8, 4) is 0 Å². The van der Waals surface area contributed by atoms with E-state index in [0.29, 0.717) is 0 Å². The molecular formula is C2H8F3NaO2. The van der Waals surface area contributed by atoms with Gasteiger partial charge in [-0.3, -0.25) is 18.9 Å². The minimum atomic E-state index is -0.833.